The van der Waals surface area contributed by atoms with Gasteiger partial charge in [-0.15, -0.1) is 0 Å². The molecule has 1 aliphatic heterocycles. The van der Waals surface area contributed by atoms with Gasteiger partial charge in [0.1, 0.15) is 11.6 Å². The Morgan fingerprint density at radius 2 is 1.74 bits per heavy atom. The highest BCUT2D eigenvalue weighted by atomic mass is 35.5. The van der Waals surface area contributed by atoms with E-state index in [9.17, 15) is 14.4 Å². The number of amides is 2. The molecular formula is C13H10ClNO4. The van der Waals surface area contributed by atoms with Crippen molar-refractivity contribution in [3.63, 3.8) is 0 Å². The third-order valence-corrected chi connectivity index (χ3v) is 2.80. The van der Waals surface area contributed by atoms with Crippen molar-refractivity contribution in [1.29, 1.82) is 0 Å². The van der Waals surface area contributed by atoms with Gasteiger partial charge in [-0.1, -0.05) is 30.3 Å². The number of carbonyl (C=O) groups excluding carboxylic acids is 3. The van der Waals surface area contributed by atoms with E-state index in [-0.39, 0.29) is 30.0 Å². The van der Waals surface area contributed by atoms with E-state index < -0.39 is 5.97 Å². The van der Waals surface area contributed by atoms with Crippen LogP contribution in [0.3, 0.4) is 0 Å². The smallest absolute Gasteiger partial charge is 0.349 e. The lowest BCUT2D eigenvalue weighted by molar-refractivity contribution is -0.138. The quantitative estimate of drug-likeness (QED) is 0.477. The maximum atomic E-state index is 11.9. The fraction of sp³-hybridized carbons (Fsp3) is 0.154. The van der Waals surface area contributed by atoms with E-state index in [4.69, 9.17) is 16.3 Å². The van der Waals surface area contributed by atoms with Crippen LogP contribution in [0.1, 0.15) is 20.7 Å². The summed E-state index contributed by atoms with van der Waals surface area (Å²) in [5.74, 6) is -1.54. The third kappa shape index (κ3) is 2.51. The van der Waals surface area contributed by atoms with Gasteiger partial charge < -0.3 is 4.74 Å². The van der Waals surface area contributed by atoms with E-state index >= 15 is 0 Å². The van der Waals surface area contributed by atoms with Crippen LogP contribution in [0.25, 0.3) is 0 Å². The zero-order valence-electron chi connectivity index (χ0n) is 9.89. The van der Waals surface area contributed by atoms with Gasteiger partial charge in [-0.3, -0.25) is 14.5 Å². The molecule has 0 unspecified atom stereocenters. The molecule has 6 heteroatoms. The van der Waals surface area contributed by atoms with E-state index in [1.165, 1.54) is 0 Å². The minimum atomic E-state index is -0.765. The predicted molar refractivity (Wildman–Crippen MR) is 67.8 cm³/mol. The SMILES string of the molecule is C=C(Cl)C(=O)OCCN1C(=O)c2ccccc2C1=O. The van der Waals surface area contributed by atoms with Gasteiger partial charge >= 0.3 is 5.97 Å². The van der Waals surface area contributed by atoms with Crippen LogP contribution < -0.4 is 0 Å². The first-order valence-corrected chi connectivity index (χ1v) is 5.87. The first-order chi connectivity index (χ1) is 9.02. The highest BCUT2D eigenvalue weighted by Gasteiger charge is 2.34. The van der Waals surface area contributed by atoms with Gasteiger partial charge in [-0.25, -0.2) is 4.79 Å². The van der Waals surface area contributed by atoms with Gasteiger partial charge in [-0.05, 0) is 12.1 Å². The number of ether oxygens (including phenoxy) is 1. The summed E-state index contributed by atoms with van der Waals surface area (Å²) in [6.07, 6.45) is 0. The summed E-state index contributed by atoms with van der Waals surface area (Å²) in [4.78, 5) is 36.0. The molecule has 0 saturated carbocycles. The number of benzene rings is 1. The summed E-state index contributed by atoms with van der Waals surface area (Å²) in [7, 11) is 0. The second kappa shape index (κ2) is 5.24. The Hall–Kier alpha value is -2.14. The van der Waals surface area contributed by atoms with Gasteiger partial charge in [0.2, 0.25) is 0 Å². The zero-order valence-corrected chi connectivity index (χ0v) is 10.6. The van der Waals surface area contributed by atoms with Crippen LogP contribution in [0.4, 0.5) is 0 Å². The number of halogens is 1. The van der Waals surface area contributed by atoms with Crippen molar-refractivity contribution < 1.29 is 19.1 Å². The van der Waals surface area contributed by atoms with E-state index in [1.54, 1.807) is 24.3 Å². The van der Waals surface area contributed by atoms with Crippen molar-refractivity contribution in [2.24, 2.45) is 0 Å². The van der Waals surface area contributed by atoms with Crippen molar-refractivity contribution in [1.82, 2.24) is 4.90 Å². The van der Waals surface area contributed by atoms with Crippen LogP contribution in [0, 0.1) is 0 Å². The molecule has 2 amide bonds. The van der Waals surface area contributed by atoms with Crippen LogP contribution in [0.15, 0.2) is 35.9 Å². The van der Waals surface area contributed by atoms with E-state index in [0.29, 0.717) is 11.1 Å². The van der Waals surface area contributed by atoms with E-state index in [0.717, 1.165) is 4.90 Å². The van der Waals surface area contributed by atoms with Crippen LogP contribution in [-0.2, 0) is 9.53 Å². The van der Waals surface area contributed by atoms with Crippen molar-refractivity contribution in [2.75, 3.05) is 13.2 Å². The van der Waals surface area contributed by atoms with Crippen molar-refractivity contribution in [3.8, 4) is 0 Å². The molecule has 1 aliphatic rings. The van der Waals surface area contributed by atoms with Gasteiger partial charge in [-0.2, -0.15) is 0 Å². The Morgan fingerprint density at radius 1 is 1.21 bits per heavy atom. The van der Waals surface area contributed by atoms with Gasteiger partial charge in [0.15, 0.2) is 0 Å². The predicted octanol–water partition coefficient (Wildman–Crippen LogP) is 1.58. The molecule has 19 heavy (non-hydrogen) atoms. The molecular weight excluding hydrogens is 270 g/mol. The molecule has 0 radical (unpaired) electrons. The average molecular weight is 280 g/mol. The molecule has 0 aromatic heterocycles. The summed E-state index contributed by atoms with van der Waals surface area (Å²) >= 11 is 5.34. The van der Waals surface area contributed by atoms with Crippen LogP contribution >= 0.6 is 11.6 Å². The lowest BCUT2D eigenvalue weighted by Gasteiger charge is -2.13. The average Bonchev–Trinajstić information content (AvgIpc) is 2.64. The molecule has 98 valence electrons. The van der Waals surface area contributed by atoms with Crippen LogP contribution in [-0.4, -0.2) is 35.8 Å². The Labute approximate surface area is 114 Å². The topological polar surface area (TPSA) is 63.7 Å². The molecule has 2 rings (SSSR count). The molecule has 0 saturated heterocycles. The highest BCUT2D eigenvalue weighted by molar-refractivity contribution is 6.40. The maximum absolute atomic E-state index is 11.9. The first kappa shape index (κ1) is 13.3. The Balaban J connectivity index is 2.01. The van der Waals surface area contributed by atoms with Gasteiger partial charge in [0.05, 0.1) is 17.7 Å². The third-order valence-electron chi connectivity index (χ3n) is 2.65. The number of rotatable bonds is 4. The van der Waals surface area contributed by atoms with Crippen molar-refractivity contribution in [2.45, 2.75) is 0 Å². The Kier molecular flexibility index (Phi) is 3.66. The van der Waals surface area contributed by atoms with Gasteiger partial charge in [0.25, 0.3) is 11.8 Å². The normalized spacial score (nSPS) is 13.4. The molecule has 0 atom stereocenters. The highest BCUT2D eigenvalue weighted by Crippen LogP contribution is 2.21. The fourth-order valence-electron chi connectivity index (χ4n) is 1.75. The standard InChI is InChI=1S/C13H10ClNO4/c1-8(14)13(18)19-7-6-15-11(16)9-4-2-3-5-10(9)12(15)17/h2-5H,1,6-7H2. The number of carbonyl (C=O) groups is 3. The number of fused-ring (bicyclic) bond motifs is 1. The van der Waals surface area contributed by atoms with E-state index in [2.05, 4.69) is 6.58 Å². The van der Waals surface area contributed by atoms with Crippen LogP contribution in [0.2, 0.25) is 0 Å². The van der Waals surface area contributed by atoms with Crippen LogP contribution in [0.5, 0.6) is 0 Å². The minimum Gasteiger partial charge on any atom is -0.460 e. The first-order valence-electron chi connectivity index (χ1n) is 5.49. The second-order valence-electron chi connectivity index (χ2n) is 3.85. The number of esters is 1. The zero-order chi connectivity index (χ0) is 14.0. The lowest BCUT2D eigenvalue weighted by atomic mass is 10.1. The molecule has 0 fully saturated rings. The molecule has 0 aliphatic carbocycles. The summed E-state index contributed by atoms with van der Waals surface area (Å²) in [5, 5.41) is -0.248. The number of imide groups is 1. The molecule has 0 N–H and O–H groups in total. The minimum absolute atomic E-state index is 0.0117. The Bertz CT molecular complexity index is 547. The molecule has 1 heterocycles. The fourth-order valence-corrected chi connectivity index (χ4v) is 1.80. The van der Waals surface area contributed by atoms with Crippen molar-refractivity contribution >= 4 is 29.4 Å². The number of nitrogens with zero attached hydrogens (tertiary/aromatic N) is 1. The maximum Gasteiger partial charge on any atom is 0.349 e. The largest absolute Gasteiger partial charge is 0.460 e. The van der Waals surface area contributed by atoms with Crippen molar-refractivity contribution in [3.05, 3.63) is 47.0 Å². The molecule has 0 bridgehead atoms. The summed E-state index contributed by atoms with van der Waals surface area (Å²) < 4.78 is 4.74. The van der Waals surface area contributed by atoms with E-state index in [1.807, 2.05) is 0 Å². The Morgan fingerprint density at radius 3 is 2.21 bits per heavy atom. The summed E-state index contributed by atoms with van der Waals surface area (Å²) in [6.45, 7) is 3.08. The molecule has 1 aromatic carbocycles. The molecule has 5 nitrogen and oxygen atoms in total. The summed E-state index contributed by atoms with van der Waals surface area (Å²) in [5.41, 5.74) is 0.723. The monoisotopic (exact) mass is 279 g/mol. The molecule has 0 spiro atoms. The summed E-state index contributed by atoms with van der Waals surface area (Å²) in [6, 6.07) is 6.54. The van der Waals surface area contributed by atoms with Gasteiger partial charge in [0, 0.05) is 0 Å². The number of hydrogen-bond donors (Lipinski definition) is 0. The lowest BCUT2D eigenvalue weighted by Crippen LogP contribution is -2.33. The molecule has 1 aromatic rings. The second-order valence-corrected chi connectivity index (χ2v) is 4.30. The number of hydrogen-bond acceptors (Lipinski definition) is 4.